The first-order valence-corrected chi connectivity index (χ1v) is 3.36. The molecule has 0 aliphatic rings. The van der Waals surface area contributed by atoms with Crippen molar-refractivity contribution in [1.82, 2.24) is 0 Å². The Hall–Kier alpha value is -0.720. The molecule has 0 aromatic rings. The van der Waals surface area contributed by atoms with Gasteiger partial charge >= 0.3 is 0 Å². The van der Waals surface area contributed by atoms with E-state index in [1.807, 2.05) is 12.2 Å². The molecule has 0 amide bonds. The molecule has 0 aromatic carbocycles. The van der Waals surface area contributed by atoms with Gasteiger partial charge < -0.3 is 5.73 Å². The molecule has 0 aromatic heterocycles. The first-order chi connectivity index (χ1) is 4.31. The minimum atomic E-state index is 0.668. The van der Waals surface area contributed by atoms with Gasteiger partial charge in [-0.2, -0.15) is 0 Å². The maximum absolute atomic E-state index is 5.12. The molecular weight excluding hydrogens is 110 g/mol. The summed E-state index contributed by atoms with van der Waals surface area (Å²) in [6, 6.07) is 0. The number of allylic oxidation sites excluding steroid dienone is 3. The molecule has 1 nitrogen and oxygen atoms in total. The summed E-state index contributed by atoms with van der Waals surface area (Å²) in [6.07, 6.45) is 8.69. The molecular formula is C8H15N. The highest BCUT2D eigenvalue weighted by Gasteiger charge is 1.86. The summed E-state index contributed by atoms with van der Waals surface area (Å²) in [5, 5.41) is 0. The van der Waals surface area contributed by atoms with Crippen molar-refractivity contribution in [2.24, 2.45) is 11.7 Å². The lowest BCUT2D eigenvalue weighted by Crippen LogP contribution is -1.83. The van der Waals surface area contributed by atoms with Crippen LogP contribution in [0.25, 0.3) is 0 Å². The van der Waals surface area contributed by atoms with Gasteiger partial charge in [-0.25, -0.2) is 0 Å². The summed E-state index contributed by atoms with van der Waals surface area (Å²) in [4.78, 5) is 0. The molecule has 0 rings (SSSR count). The minimum absolute atomic E-state index is 0.668. The number of hydrogen-bond acceptors (Lipinski definition) is 1. The molecule has 1 unspecified atom stereocenters. The fraction of sp³-hybridized carbons (Fsp3) is 0.500. The summed E-state index contributed by atoms with van der Waals surface area (Å²) in [6.45, 7) is 4.35. The first-order valence-electron chi connectivity index (χ1n) is 3.36. The highest BCUT2D eigenvalue weighted by atomic mass is 14.5. The third-order valence-corrected chi connectivity index (χ3v) is 1.31. The molecule has 52 valence electrons. The molecule has 0 saturated carbocycles. The van der Waals surface area contributed by atoms with Gasteiger partial charge in [0.15, 0.2) is 0 Å². The van der Waals surface area contributed by atoms with Crippen LogP contribution in [0, 0.1) is 5.92 Å². The van der Waals surface area contributed by atoms with Crippen molar-refractivity contribution in [3.05, 3.63) is 24.4 Å². The second kappa shape index (κ2) is 5.42. The van der Waals surface area contributed by atoms with E-state index < -0.39 is 0 Å². The van der Waals surface area contributed by atoms with E-state index in [2.05, 4.69) is 19.9 Å². The molecule has 0 radical (unpaired) electrons. The fourth-order valence-electron chi connectivity index (χ4n) is 0.454. The van der Waals surface area contributed by atoms with Gasteiger partial charge in [-0.3, -0.25) is 0 Å². The van der Waals surface area contributed by atoms with Crippen LogP contribution in [0.15, 0.2) is 24.4 Å². The van der Waals surface area contributed by atoms with Gasteiger partial charge in [0.2, 0.25) is 0 Å². The predicted octanol–water partition coefficient (Wildman–Crippen LogP) is 2.06. The molecule has 1 heteroatoms. The standard InChI is InChI=1S/C8H15N/c1-3-8(2)6-4-5-7-9/h4-8H,3,9H2,1-2H3/b6-4-,7-5-. The Morgan fingerprint density at radius 2 is 2.11 bits per heavy atom. The summed E-state index contributed by atoms with van der Waals surface area (Å²) in [7, 11) is 0. The normalized spacial score (nSPS) is 15.3. The SMILES string of the molecule is CCC(C)/C=C\C=C/N. The molecule has 0 saturated heterocycles. The smallest absolute Gasteiger partial charge is 0.00625 e. The number of nitrogens with two attached hydrogens (primary N) is 1. The van der Waals surface area contributed by atoms with Crippen LogP contribution < -0.4 is 5.73 Å². The Balaban J connectivity index is 3.43. The topological polar surface area (TPSA) is 26.0 Å². The average molecular weight is 125 g/mol. The predicted molar refractivity (Wildman–Crippen MR) is 41.9 cm³/mol. The molecule has 1 atom stereocenters. The summed E-state index contributed by atoms with van der Waals surface area (Å²) in [5.74, 6) is 0.668. The number of hydrogen-bond donors (Lipinski definition) is 1. The Morgan fingerprint density at radius 1 is 1.44 bits per heavy atom. The largest absolute Gasteiger partial charge is 0.405 e. The van der Waals surface area contributed by atoms with Gasteiger partial charge in [-0.1, -0.05) is 32.4 Å². The van der Waals surface area contributed by atoms with Gasteiger partial charge in [0.05, 0.1) is 0 Å². The van der Waals surface area contributed by atoms with Gasteiger partial charge in [-0.15, -0.1) is 0 Å². The van der Waals surface area contributed by atoms with Crippen molar-refractivity contribution in [2.75, 3.05) is 0 Å². The van der Waals surface area contributed by atoms with E-state index in [9.17, 15) is 0 Å². The molecule has 0 heterocycles. The third-order valence-electron chi connectivity index (χ3n) is 1.31. The van der Waals surface area contributed by atoms with Crippen LogP contribution in [0.3, 0.4) is 0 Å². The minimum Gasteiger partial charge on any atom is -0.405 e. The highest BCUT2D eigenvalue weighted by Crippen LogP contribution is 2.00. The lowest BCUT2D eigenvalue weighted by Gasteiger charge is -1.96. The van der Waals surface area contributed by atoms with Gasteiger partial charge in [0, 0.05) is 0 Å². The second-order valence-corrected chi connectivity index (χ2v) is 2.16. The first kappa shape index (κ1) is 8.28. The Bertz CT molecular complexity index is 103. The van der Waals surface area contributed by atoms with Crippen molar-refractivity contribution < 1.29 is 0 Å². The number of rotatable bonds is 3. The zero-order chi connectivity index (χ0) is 7.11. The van der Waals surface area contributed by atoms with Crippen LogP contribution in [-0.2, 0) is 0 Å². The zero-order valence-electron chi connectivity index (χ0n) is 6.17. The highest BCUT2D eigenvalue weighted by molar-refractivity contribution is 5.01. The van der Waals surface area contributed by atoms with Crippen LogP contribution in [-0.4, -0.2) is 0 Å². The van der Waals surface area contributed by atoms with Crippen LogP contribution in [0.4, 0.5) is 0 Å². The van der Waals surface area contributed by atoms with Gasteiger partial charge in [0.1, 0.15) is 0 Å². The molecule has 0 aliphatic heterocycles. The van der Waals surface area contributed by atoms with Crippen LogP contribution in [0.1, 0.15) is 20.3 Å². The maximum atomic E-state index is 5.12. The molecule has 9 heavy (non-hydrogen) atoms. The molecule has 0 spiro atoms. The zero-order valence-corrected chi connectivity index (χ0v) is 6.17. The van der Waals surface area contributed by atoms with Crippen molar-refractivity contribution in [2.45, 2.75) is 20.3 Å². The summed E-state index contributed by atoms with van der Waals surface area (Å²) >= 11 is 0. The average Bonchev–Trinajstić information content (AvgIpc) is 1.89. The van der Waals surface area contributed by atoms with Crippen LogP contribution in [0.2, 0.25) is 0 Å². The van der Waals surface area contributed by atoms with E-state index in [1.165, 1.54) is 6.42 Å². The van der Waals surface area contributed by atoms with E-state index in [1.54, 1.807) is 6.20 Å². The summed E-state index contributed by atoms with van der Waals surface area (Å²) in [5.41, 5.74) is 5.12. The van der Waals surface area contributed by atoms with Crippen molar-refractivity contribution >= 4 is 0 Å². The van der Waals surface area contributed by atoms with Crippen molar-refractivity contribution in [3.63, 3.8) is 0 Å². The molecule has 0 bridgehead atoms. The molecule has 2 N–H and O–H groups in total. The van der Waals surface area contributed by atoms with Crippen molar-refractivity contribution in [3.8, 4) is 0 Å². The molecule has 0 aliphatic carbocycles. The van der Waals surface area contributed by atoms with E-state index in [-0.39, 0.29) is 0 Å². The maximum Gasteiger partial charge on any atom is -0.00625 e. The lowest BCUT2D eigenvalue weighted by atomic mass is 10.1. The Kier molecular flexibility index (Phi) is 4.98. The van der Waals surface area contributed by atoms with E-state index in [0.717, 1.165) is 0 Å². The Morgan fingerprint density at radius 3 is 2.56 bits per heavy atom. The van der Waals surface area contributed by atoms with E-state index in [4.69, 9.17) is 5.73 Å². The monoisotopic (exact) mass is 125 g/mol. The van der Waals surface area contributed by atoms with Crippen LogP contribution in [0.5, 0.6) is 0 Å². The fourth-order valence-corrected chi connectivity index (χ4v) is 0.454. The summed E-state index contributed by atoms with van der Waals surface area (Å²) < 4.78 is 0. The van der Waals surface area contributed by atoms with E-state index >= 15 is 0 Å². The lowest BCUT2D eigenvalue weighted by molar-refractivity contribution is 0.698. The van der Waals surface area contributed by atoms with Crippen LogP contribution >= 0.6 is 0 Å². The Labute approximate surface area is 57.3 Å². The second-order valence-electron chi connectivity index (χ2n) is 2.16. The quantitative estimate of drug-likeness (QED) is 0.574. The van der Waals surface area contributed by atoms with E-state index in [0.29, 0.717) is 5.92 Å². The van der Waals surface area contributed by atoms with Gasteiger partial charge in [0.25, 0.3) is 0 Å². The van der Waals surface area contributed by atoms with Gasteiger partial charge in [-0.05, 0) is 18.2 Å². The molecule has 0 fully saturated rings. The third kappa shape index (κ3) is 5.15. The van der Waals surface area contributed by atoms with Crippen molar-refractivity contribution in [1.29, 1.82) is 0 Å².